The van der Waals surface area contributed by atoms with Crippen molar-refractivity contribution in [2.24, 2.45) is 0 Å². The number of anilines is 2. The fourth-order valence-corrected chi connectivity index (χ4v) is 8.66. The van der Waals surface area contributed by atoms with Gasteiger partial charge in [-0.2, -0.15) is 22.7 Å². The van der Waals surface area contributed by atoms with E-state index < -0.39 is 29.1 Å². The van der Waals surface area contributed by atoms with Gasteiger partial charge >= 0.3 is 6.18 Å². The maximum Gasteiger partial charge on any atom is 0.416 e. The molecule has 2 N–H and O–H groups in total. The first-order chi connectivity index (χ1) is 26.3. The number of carbonyl (C=O) groups is 2. The Kier molecular flexibility index (Phi) is 9.53. The van der Waals surface area contributed by atoms with E-state index in [1.807, 2.05) is 11.8 Å². The van der Waals surface area contributed by atoms with E-state index in [0.29, 0.717) is 24.0 Å². The van der Waals surface area contributed by atoms with Gasteiger partial charge in [0.1, 0.15) is 18.6 Å². The summed E-state index contributed by atoms with van der Waals surface area (Å²) in [5.74, 6) is -0.905. The second-order valence-corrected chi connectivity index (χ2v) is 15.4. The average molecular weight is 797 g/mol. The minimum absolute atomic E-state index is 0.00715. The van der Waals surface area contributed by atoms with Gasteiger partial charge in [-0.1, -0.05) is 18.5 Å². The predicted octanol–water partition coefficient (Wildman–Crippen LogP) is 4.78. The van der Waals surface area contributed by atoms with Crippen LogP contribution in [-0.4, -0.2) is 94.6 Å². The van der Waals surface area contributed by atoms with Crippen molar-refractivity contribution in [2.75, 3.05) is 42.9 Å². The number of aromatic hydroxyl groups is 1. The van der Waals surface area contributed by atoms with Crippen LogP contribution in [-0.2, 0) is 36.9 Å². The number of halogens is 4. The van der Waals surface area contributed by atoms with Crippen LogP contribution in [0.1, 0.15) is 57.6 Å². The fraction of sp³-hybridized carbons (Fsp3) is 0.417. The number of benzene rings is 1. The van der Waals surface area contributed by atoms with Gasteiger partial charge in [0.2, 0.25) is 11.7 Å². The predicted molar refractivity (Wildman–Crippen MR) is 199 cm³/mol. The van der Waals surface area contributed by atoms with Crippen LogP contribution >= 0.6 is 22.9 Å². The molecule has 1 aromatic carbocycles. The molecule has 0 unspecified atom stereocenters. The number of aryl methyl sites for hydroxylation is 1. The van der Waals surface area contributed by atoms with E-state index in [-0.39, 0.29) is 72.0 Å². The van der Waals surface area contributed by atoms with E-state index in [1.165, 1.54) is 34.1 Å². The van der Waals surface area contributed by atoms with E-state index in [2.05, 4.69) is 26.3 Å². The molecule has 0 bridgehead atoms. The highest BCUT2D eigenvalue weighted by Gasteiger charge is 2.34. The summed E-state index contributed by atoms with van der Waals surface area (Å²) < 4.78 is 42.7. The Bertz CT molecular complexity index is 2400. The first-order valence-corrected chi connectivity index (χ1v) is 19.1. The second kappa shape index (κ2) is 14.2. The molecule has 1 saturated heterocycles. The Morgan fingerprint density at radius 2 is 1.85 bits per heavy atom. The molecule has 0 atom stereocenters. The normalized spacial score (nSPS) is 16.5. The Morgan fingerprint density at radius 3 is 2.55 bits per heavy atom. The number of hydrogen-bond acceptors (Lipinski definition) is 11. The summed E-state index contributed by atoms with van der Waals surface area (Å²) in [7, 11) is 0. The van der Waals surface area contributed by atoms with Crippen LogP contribution in [0.15, 0.2) is 35.4 Å². The standard InChI is InChI=1S/C36H36ClF3N10O4S/c1-3-25-30(46-10-12-47(13-11-46)33(53)29-31(52)19(2)41-18-42-29)34(54)50-35(49(25)17-28(51)43-24-7-4-21(15-23(24)37)36(38,39)40)44-32(45-50)26-14-20-8-9-48(22-5-6-22)16-27(20)55-26/h4,7,14-15,18,22,52H,3,5-6,8-13,16-17H2,1-2H3,(H,43,51). The molecule has 2 fully saturated rings. The lowest BCUT2D eigenvalue weighted by atomic mass is 10.1. The van der Waals surface area contributed by atoms with Crippen molar-refractivity contribution in [3.05, 3.63) is 79.1 Å². The molecule has 19 heteroatoms. The van der Waals surface area contributed by atoms with Crippen molar-refractivity contribution in [3.63, 3.8) is 0 Å². The number of piperazine rings is 1. The molecule has 8 rings (SSSR count). The van der Waals surface area contributed by atoms with Crippen molar-refractivity contribution in [2.45, 2.75) is 64.8 Å². The number of nitrogens with one attached hydrogen (secondary N) is 1. The van der Waals surface area contributed by atoms with Crippen molar-refractivity contribution in [1.82, 2.24) is 38.9 Å². The highest BCUT2D eigenvalue weighted by molar-refractivity contribution is 7.15. The van der Waals surface area contributed by atoms with E-state index in [9.17, 15) is 32.7 Å². The Labute approximate surface area is 321 Å². The van der Waals surface area contributed by atoms with E-state index in [0.717, 1.165) is 42.6 Å². The zero-order chi connectivity index (χ0) is 38.8. The SMILES string of the molecule is CCc1c(N2CCN(C(=O)c3ncnc(C)c3O)CC2)c(=O)n2nc(-c3cc4c(s3)CN(C3CC3)CC4)nc2n1CC(=O)Nc1ccc(C(F)(F)F)cc1Cl. The van der Waals surface area contributed by atoms with Gasteiger partial charge < -0.3 is 24.8 Å². The molecule has 0 radical (unpaired) electrons. The van der Waals surface area contributed by atoms with E-state index in [4.69, 9.17) is 21.7 Å². The third-order valence-corrected chi connectivity index (χ3v) is 11.8. The monoisotopic (exact) mass is 796 g/mol. The van der Waals surface area contributed by atoms with Crippen LogP contribution in [0.3, 0.4) is 0 Å². The third kappa shape index (κ3) is 7.02. The molecule has 1 aliphatic carbocycles. The summed E-state index contributed by atoms with van der Waals surface area (Å²) >= 11 is 7.76. The maximum absolute atomic E-state index is 14.4. The number of hydrogen-bond donors (Lipinski definition) is 2. The Morgan fingerprint density at radius 1 is 1.09 bits per heavy atom. The number of alkyl halides is 3. The summed E-state index contributed by atoms with van der Waals surface area (Å²) in [5.41, 5.74) is 0.761. The lowest BCUT2D eigenvalue weighted by Gasteiger charge is -2.36. The Hall–Kier alpha value is -5.07. The van der Waals surface area contributed by atoms with E-state index >= 15 is 0 Å². The van der Waals surface area contributed by atoms with E-state index in [1.54, 1.807) is 27.7 Å². The Balaban J connectivity index is 1.14. The molecule has 4 aromatic heterocycles. The minimum atomic E-state index is -4.61. The molecular formula is C36H36ClF3N10O4S. The number of carbonyl (C=O) groups excluding carboxylic acids is 2. The van der Waals surface area contributed by atoms with Crippen molar-refractivity contribution < 1.29 is 27.9 Å². The van der Waals surface area contributed by atoms with Crippen LogP contribution in [0.2, 0.25) is 5.02 Å². The van der Waals surface area contributed by atoms with Crippen molar-refractivity contribution >= 4 is 51.9 Å². The summed E-state index contributed by atoms with van der Waals surface area (Å²) in [4.78, 5) is 62.1. The molecule has 55 heavy (non-hydrogen) atoms. The lowest BCUT2D eigenvalue weighted by Crippen LogP contribution is -2.51. The van der Waals surface area contributed by atoms with Crippen LogP contribution in [0.4, 0.5) is 24.5 Å². The number of nitrogens with zero attached hydrogens (tertiary/aromatic N) is 9. The zero-order valence-corrected chi connectivity index (χ0v) is 31.4. The first kappa shape index (κ1) is 36.9. The molecule has 2 aliphatic heterocycles. The van der Waals surface area contributed by atoms with Gasteiger partial charge in [0, 0.05) is 50.2 Å². The first-order valence-electron chi connectivity index (χ1n) is 17.9. The summed E-state index contributed by atoms with van der Waals surface area (Å²) in [5, 5.41) is 17.5. The van der Waals surface area contributed by atoms with Gasteiger partial charge in [0.15, 0.2) is 17.3 Å². The quantitative estimate of drug-likeness (QED) is 0.224. The molecule has 5 aromatic rings. The number of fused-ring (bicyclic) bond motifs is 2. The van der Waals surface area contributed by atoms with Crippen molar-refractivity contribution in [1.29, 1.82) is 0 Å². The van der Waals surface area contributed by atoms with Crippen LogP contribution in [0.25, 0.3) is 16.5 Å². The topological polar surface area (TPSA) is 154 Å². The fourth-order valence-electron chi connectivity index (χ4n) is 7.27. The second-order valence-electron chi connectivity index (χ2n) is 13.9. The van der Waals surface area contributed by atoms with Gasteiger partial charge in [-0.05, 0) is 62.4 Å². The average Bonchev–Trinajstić information content (AvgIpc) is 3.76. The molecule has 1 saturated carbocycles. The summed E-state index contributed by atoms with van der Waals surface area (Å²) in [6.45, 7) is 5.78. The minimum Gasteiger partial charge on any atom is -0.504 e. The largest absolute Gasteiger partial charge is 0.504 e. The van der Waals surface area contributed by atoms with Crippen LogP contribution in [0.5, 0.6) is 5.75 Å². The van der Waals surface area contributed by atoms with Crippen LogP contribution < -0.4 is 15.8 Å². The number of rotatable bonds is 8. The molecule has 288 valence electrons. The molecular weight excluding hydrogens is 761 g/mol. The molecule has 3 aliphatic rings. The highest BCUT2D eigenvalue weighted by atomic mass is 35.5. The van der Waals surface area contributed by atoms with Crippen LogP contribution in [0, 0.1) is 6.92 Å². The molecule has 0 spiro atoms. The maximum atomic E-state index is 14.4. The third-order valence-electron chi connectivity index (χ3n) is 10.3. The number of aromatic nitrogens is 6. The zero-order valence-electron chi connectivity index (χ0n) is 29.9. The molecule has 2 amide bonds. The number of amides is 2. The van der Waals surface area contributed by atoms with Gasteiger partial charge in [-0.25, -0.2) is 9.97 Å². The lowest BCUT2D eigenvalue weighted by molar-refractivity contribution is -0.137. The molecule has 14 nitrogen and oxygen atoms in total. The van der Waals surface area contributed by atoms with Gasteiger partial charge in [0.25, 0.3) is 11.5 Å². The summed E-state index contributed by atoms with van der Waals surface area (Å²) in [6, 6.07) is 5.38. The van der Waals surface area contributed by atoms with Crippen molar-refractivity contribution in [3.8, 4) is 16.5 Å². The number of thiophene rings is 1. The summed E-state index contributed by atoms with van der Waals surface area (Å²) in [6.07, 6.45) is 0.237. The smallest absolute Gasteiger partial charge is 0.416 e. The van der Waals surface area contributed by atoms with Gasteiger partial charge in [-0.3, -0.25) is 19.3 Å². The van der Waals surface area contributed by atoms with Gasteiger partial charge in [0.05, 0.1) is 32.5 Å². The highest BCUT2D eigenvalue weighted by Crippen LogP contribution is 2.38. The molecule has 6 heterocycles. The van der Waals surface area contributed by atoms with Gasteiger partial charge in [-0.15, -0.1) is 16.4 Å².